The van der Waals surface area contributed by atoms with E-state index >= 15 is 0 Å². The number of nitrogens with one attached hydrogen (secondary N) is 2. The van der Waals surface area contributed by atoms with Gasteiger partial charge in [-0.2, -0.15) is 5.09 Å². The van der Waals surface area contributed by atoms with E-state index in [0.29, 0.717) is 0 Å². The average molecular weight is 710 g/mol. The Bertz CT molecular complexity index is 1440. The minimum Gasteiger partial charge on any atom is -0.462 e. The zero-order chi connectivity index (χ0) is 32.1. The Morgan fingerprint density at radius 3 is 2.40 bits per heavy atom. The SMILES string of the molecule is CC(C)OC(=O)[C@H](C)NP(=O)(OC[C@H]1O[C@@H](n2ccc(=O)[nH]c2=O)[C@](Cl)(Br)[C@@H]1OC(=O)[C@@H](N)C(C)C)Oc1ccccc1. The third kappa shape index (κ3) is 9.00. The van der Waals surface area contributed by atoms with Gasteiger partial charge < -0.3 is 24.5 Å². The molecular formula is C26H35BrClN4O10P. The van der Waals surface area contributed by atoms with Crippen LogP contribution in [0.3, 0.4) is 0 Å². The second-order valence-corrected chi connectivity index (χ2v) is 14.5. The summed E-state index contributed by atoms with van der Waals surface area (Å²) in [6.45, 7) is 7.60. The maximum Gasteiger partial charge on any atom is 0.459 e. The van der Waals surface area contributed by atoms with Crippen LogP contribution in [0.2, 0.25) is 0 Å². The van der Waals surface area contributed by atoms with E-state index in [1.54, 1.807) is 45.9 Å². The summed E-state index contributed by atoms with van der Waals surface area (Å²) < 4.78 is 41.4. The highest BCUT2D eigenvalue weighted by molar-refractivity contribution is 9.10. The minimum atomic E-state index is -4.36. The Balaban J connectivity index is 1.94. The van der Waals surface area contributed by atoms with Crippen molar-refractivity contribution < 1.29 is 37.4 Å². The van der Waals surface area contributed by atoms with Gasteiger partial charge in [0.1, 0.15) is 23.9 Å². The van der Waals surface area contributed by atoms with Crippen LogP contribution in [0, 0.1) is 5.92 Å². The molecule has 1 saturated heterocycles. The van der Waals surface area contributed by atoms with E-state index in [4.69, 9.17) is 40.6 Å². The Hall–Kier alpha value is -2.52. The fraction of sp³-hybridized carbons (Fsp3) is 0.538. The lowest BCUT2D eigenvalue weighted by atomic mass is 10.1. The van der Waals surface area contributed by atoms with E-state index in [0.717, 1.165) is 16.8 Å². The van der Waals surface area contributed by atoms with Crippen molar-refractivity contribution in [3.05, 3.63) is 63.4 Å². The molecule has 238 valence electrons. The number of aromatic amines is 1. The number of nitrogens with two attached hydrogens (primary N) is 1. The maximum absolute atomic E-state index is 14.0. The Morgan fingerprint density at radius 1 is 1.16 bits per heavy atom. The van der Waals surface area contributed by atoms with Crippen molar-refractivity contribution in [1.29, 1.82) is 0 Å². The van der Waals surface area contributed by atoms with Crippen molar-refractivity contribution in [3.8, 4) is 5.75 Å². The summed E-state index contributed by atoms with van der Waals surface area (Å²) in [5.41, 5.74) is 4.47. The molecule has 2 aromatic rings. The number of esters is 2. The van der Waals surface area contributed by atoms with Crippen LogP contribution in [0.5, 0.6) is 5.75 Å². The fourth-order valence-corrected chi connectivity index (χ4v) is 6.40. The first-order chi connectivity index (χ1) is 20.0. The number of hydrogen-bond acceptors (Lipinski definition) is 11. The number of para-hydroxylation sites is 1. The molecule has 4 N–H and O–H groups in total. The van der Waals surface area contributed by atoms with Crippen LogP contribution in [0.15, 0.2) is 52.2 Å². The first-order valence-corrected chi connectivity index (χ1v) is 16.0. The summed E-state index contributed by atoms with van der Waals surface area (Å²) in [6, 6.07) is 6.98. The number of benzene rings is 1. The average Bonchev–Trinajstić information content (AvgIpc) is 3.16. The van der Waals surface area contributed by atoms with Gasteiger partial charge in [-0.05, 0) is 38.8 Å². The van der Waals surface area contributed by atoms with E-state index < -0.39 is 77.9 Å². The van der Waals surface area contributed by atoms with Gasteiger partial charge in [-0.3, -0.25) is 28.5 Å². The Labute approximate surface area is 261 Å². The highest BCUT2D eigenvalue weighted by Crippen LogP contribution is 2.51. The van der Waals surface area contributed by atoms with Gasteiger partial charge in [-0.15, -0.1) is 0 Å². The number of nitrogens with zero attached hydrogens (tertiary/aromatic N) is 1. The number of aromatic nitrogens is 2. The molecule has 0 spiro atoms. The standard InChI is InChI=1S/C26H35BrClN4O10P/c1-14(2)20(29)23(35)41-21-18(40-24(26(21,27)28)32-12-11-19(33)30-25(32)36)13-38-43(37,42-17-9-7-6-8-10-17)31-16(5)22(34)39-15(3)4/h6-12,14-16,18,20-21,24H,13,29H2,1-5H3,(H,31,37)(H,30,33,36)/t16-,18+,20-,21+,24+,26-,43?/m0/s1. The molecule has 0 bridgehead atoms. The predicted molar refractivity (Wildman–Crippen MR) is 160 cm³/mol. The van der Waals surface area contributed by atoms with Gasteiger partial charge in [0.15, 0.2) is 16.1 Å². The normalized spacial score (nSPS) is 24.7. The van der Waals surface area contributed by atoms with Gasteiger partial charge in [0, 0.05) is 12.3 Å². The second-order valence-electron chi connectivity index (χ2n) is 10.4. The molecule has 1 aromatic carbocycles. The number of hydrogen-bond donors (Lipinski definition) is 3. The molecule has 1 aromatic heterocycles. The highest BCUT2D eigenvalue weighted by Gasteiger charge is 2.59. The maximum atomic E-state index is 14.0. The molecule has 1 aliphatic rings. The molecule has 3 rings (SSSR count). The molecule has 0 aliphatic carbocycles. The van der Waals surface area contributed by atoms with Crippen LogP contribution in [0.1, 0.15) is 40.8 Å². The molecule has 0 saturated carbocycles. The van der Waals surface area contributed by atoms with Crippen LogP contribution < -0.4 is 26.6 Å². The third-order valence-electron chi connectivity index (χ3n) is 6.12. The number of carbonyl (C=O) groups excluding carboxylic acids is 2. The van der Waals surface area contributed by atoms with Crippen LogP contribution in [0.25, 0.3) is 0 Å². The molecule has 1 aliphatic heterocycles. The lowest BCUT2D eigenvalue weighted by Crippen LogP contribution is -2.47. The first-order valence-electron chi connectivity index (χ1n) is 13.3. The van der Waals surface area contributed by atoms with Crippen LogP contribution in [-0.4, -0.2) is 62.3 Å². The quantitative estimate of drug-likeness (QED) is 0.157. The van der Waals surface area contributed by atoms with Crippen molar-refractivity contribution in [2.75, 3.05) is 6.61 Å². The predicted octanol–water partition coefficient (Wildman–Crippen LogP) is 2.79. The van der Waals surface area contributed by atoms with Gasteiger partial charge in [0.05, 0.1) is 12.7 Å². The van der Waals surface area contributed by atoms with E-state index in [2.05, 4.69) is 26.0 Å². The second kappa shape index (κ2) is 14.5. The highest BCUT2D eigenvalue weighted by atomic mass is 79.9. The molecule has 7 atom stereocenters. The van der Waals surface area contributed by atoms with Crippen molar-refractivity contribution in [2.24, 2.45) is 11.7 Å². The third-order valence-corrected chi connectivity index (χ3v) is 9.01. The molecule has 0 radical (unpaired) electrons. The van der Waals surface area contributed by atoms with E-state index in [9.17, 15) is 23.7 Å². The first kappa shape index (κ1) is 35.0. The van der Waals surface area contributed by atoms with Crippen molar-refractivity contribution in [2.45, 2.75) is 75.0 Å². The summed E-state index contributed by atoms with van der Waals surface area (Å²) in [4.78, 5) is 51.7. The van der Waals surface area contributed by atoms with Crippen molar-refractivity contribution >= 4 is 47.2 Å². The van der Waals surface area contributed by atoms with Gasteiger partial charge >= 0.3 is 25.4 Å². The van der Waals surface area contributed by atoms with Gasteiger partial charge in [0.2, 0.25) is 0 Å². The van der Waals surface area contributed by atoms with Gasteiger partial charge in [0.25, 0.3) is 5.56 Å². The van der Waals surface area contributed by atoms with Crippen molar-refractivity contribution in [3.63, 3.8) is 0 Å². The number of alkyl halides is 2. The summed E-state index contributed by atoms with van der Waals surface area (Å²) in [6.07, 6.45) is -3.28. The summed E-state index contributed by atoms with van der Waals surface area (Å²) in [5, 5.41) is 2.55. The number of H-pyrrole nitrogens is 1. The van der Waals surface area contributed by atoms with Crippen LogP contribution in [0.4, 0.5) is 0 Å². The number of halogens is 2. The molecule has 17 heteroatoms. The Kier molecular flexibility index (Phi) is 11.8. The van der Waals surface area contributed by atoms with Crippen LogP contribution in [-0.2, 0) is 32.9 Å². The molecule has 14 nitrogen and oxygen atoms in total. The number of carbonyl (C=O) groups is 2. The molecule has 2 heterocycles. The smallest absolute Gasteiger partial charge is 0.459 e. The zero-order valence-electron chi connectivity index (χ0n) is 24.1. The Morgan fingerprint density at radius 2 is 1.81 bits per heavy atom. The topological polar surface area (TPSA) is 190 Å². The molecule has 1 fully saturated rings. The fourth-order valence-electron chi connectivity index (χ4n) is 3.84. The molecule has 1 unspecified atom stereocenters. The lowest BCUT2D eigenvalue weighted by molar-refractivity contribution is -0.155. The zero-order valence-corrected chi connectivity index (χ0v) is 27.3. The van der Waals surface area contributed by atoms with Crippen LogP contribution >= 0.6 is 35.3 Å². The largest absolute Gasteiger partial charge is 0.462 e. The van der Waals surface area contributed by atoms with E-state index in [1.165, 1.54) is 19.1 Å². The van der Waals surface area contributed by atoms with Gasteiger partial charge in [-0.25, -0.2) is 9.36 Å². The molecular weight excluding hydrogens is 675 g/mol. The molecule has 0 amide bonds. The lowest BCUT2D eigenvalue weighted by Gasteiger charge is -2.29. The number of ether oxygens (including phenoxy) is 3. The summed E-state index contributed by atoms with van der Waals surface area (Å²) in [5.74, 6) is -1.66. The molecule has 43 heavy (non-hydrogen) atoms. The summed E-state index contributed by atoms with van der Waals surface area (Å²) >= 11 is 10.1. The van der Waals surface area contributed by atoms with E-state index in [-0.39, 0.29) is 11.7 Å². The van der Waals surface area contributed by atoms with E-state index in [1.807, 2.05) is 0 Å². The number of rotatable bonds is 13. The van der Waals surface area contributed by atoms with Gasteiger partial charge in [-0.1, -0.05) is 59.6 Å². The summed E-state index contributed by atoms with van der Waals surface area (Å²) in [7, 11) is -4.36. The monoisotopic (exact) mass is 708 g/mol. The van der Waals surface area contributed by atoms with Crippen molar-refractivity contribution in [1.82, 2.24) is 14.6 Å². The minimum absolute atomic E-state index is 0.158.